The second-order valence-corrected chi connectivity index (χ2v) is 7.66. The van der Waals surface area contributed by atoms with Gasteiger partial charge in [-0.25, -0.2) is 18.3 Å². The first-order valence-electron chi connectivity index (χ1n) is 10.2. The number of carbonyl (C=O) groups is 2. The van der Waals surface area contributed by atoms with Crippen LogP contribution in [0.15, 0.2) is 48.5 Å². The molecule has 13 heteroatoms. The molecule has 3 N–H and O–H groups in total. The summed E-state index contributed by atoms with van der Waals surface area (Å²) in [6.07, 6.45) is -4.53. The van der Waals surface area contributed by atoms with Crippen LogP contribution in [0.5, 0.6) is 0 Å². The van der Waals surface area contributed by atoms with Crippen molar-refractivity contribution in [1.82, 2.24) is 20.4 Å². The van der Waals surface area contributed by atoms with Crippen LogP contribution in [-0.2, 0) is 16.1 Å². The van der Waals surface area contributed by atoms with Gasteiger partial charge < -0.3 is 20.7 Å². The van der Waals surface area contributed by atoms with E-state index in [2.05, 4.69) is 25.8 Å². The Labute approximate surface area is 195 Å². The molecule has 3 amide bonds. The number of urea groups is 1. The summed E-state index contributed by atoms with van der Waals surface area (Å²) >= 11 is 0. The van der Waals surface area contributed by atoms with Crippen molar-refractivity contribution >= 4 is 17.8 Å². The highest BCUT2D eigenvalue weighted by Gasteiger charge is 2.28. The Bertz CT molecular complexity index is 1240. The molecule has 4 rings (SSSR count). The van der Waals surface area contributed by atoms with Crippen molar-refractivity contribution in [1.29, 1.82) is 0 Å². The zero-order valence-corrected chi connectivity index (χ0v) is 17.8. The van der Waals surface area contributed by atoms with E-state index in [-0.39, 0.29) is 29.2 Å². The lowest BCUT2D eigenvalue weighted by atomic mass is 10.1. The van der Waals surface area contributed by atoms with Gasteiger partial charge in [0, 0.05) is 18.2 Å². The topological polar surface area (TPSA) is 97.3 Å². The van der Waals surface area contributed by atoms with Crippen LogP contribution >= 0.6 is 0 Å². The summed E-state index contributed by atoms with van der Waals surface area (Å²) in [6.45, 7) is -1.91. The number of hydrogen-bond donors (Lipinski definition) is 3. The number of alkyl halides is 3. The summed E-state index contributed by atoms with van der Waals surface area (Å²) in [6, 6.07) is 8.85. The summed E-state index contributed by atoms with van der Waals surface area (Å²) in [4.78, 5) is 23.8. The predicted molar refractivity (Wildman–Crippen MR) is 114 cm³/mol. The summed E-state index contributed by atoms with van der Waals surface area (Å²) in [7, 11) is 0. The second kappa shape index (κ2) is 9.70. The van der Waals surface area contributed by atoms with Crippen molar-refractivity contribution in [2.24, 2.45) is 0 Å². The summed E-state index contributed by atoms with van der Waals surface area (Å²) in [5.74, 6) is -1.74. The lowest BCUT2D eigenvalue weighted by molar-refractivity contribution is -0.176. The van der Waals surface area contributed by atoms with Crippen molar-refractivity contribution in [3.05, 3.63) is 65.7 Å². The molecule has 1 fully saturated rings. The van der Waals surface area contributed by atoms with Crippen LogP contribution in [0.1, 0.15) is 5.56 Å². The number of benzene rings is 2. The lowest BCUT2D eigenvalue weighted by Gasteiger charge is -2.11. The van der Waals surface area contributed by atoms with Crippen molar-refractivity contribution in [3.8, 4) is 16.9 Å². The molecule has 0 unspecified atom stereocenters. The van der Waals surface area contributed by atoms with Crippen LogP contribution in [0, 0.1) is 11.6 Å². The van der Waals surface area contributed by atoms with Gasteiger partial charge >= 0.3 is 12.2 Å². The van der Waals surface area contributed by atoms with Gasteiger partial charge in [0.25, 0.3) is 0 Å². The van der Waals surface area contributed by atoms with Crippen molar-refractivity contribution in [2.75, 3.05) is 18.5 Å². The summed E-state index contributed by atoms with van der Waals surface area (Å²) in [5.41, 5.74) is 0.999. The standard InChI is InChI=1S/C22H18F5N5O3/c23-14-1-3-16(4-2-14)32-18(8-19(31-32)30-20(33)17-9-28-21(34)29-17)13-5-12(6-15(24)7-13)10-35-11-22(25,26)27/h1-8,17H,9-11H2,(H2,28,29,34)(H,30,31,33)/t17-/m1/s1. The maximum atomic E-state index is 14.3. The third-order valence-electron chi connectivity index (χ3n) is 4.91. The zero-order valence-electron chi connectivity index (χ0n) is 17.8. The van der Waals surface area contributed by atoms with E-state index in [0.717, 1.165) is 12.1 Å². The van der Waals surface area contributed by atoms with Gasteiger partial charge in [0.2, 0.25) is 5.91 Å². The van der Waals surface area contributed by atoms with Crippen molar-refractivity contribution in [2.45, 2.75) is 18.8 Å². The predicted octanol–water partition coefficient (Wildman–Crippen LogP) is 3.52. The Hall–Kier alpha value is -4.00. The molecular formula is C22H18F5N5O3. The Kier molecular flexibility index (Phi) is 6.69. The highest BCUT2D eigenvalue weighted by atomic mass is 19.4. The molecule has 1 aliphatic rings. The molecule has 1 atom stereocenters. The smallest absolute Gasteiger partial charge is 0.367 e. The monoisotopic (exact) mass is 495 g/mol. The largest absolute Gasteiger partial charge is 0.411 e. The minimum absolute atomic E-state index is 0.0506. The van der Waals surface area contributed by atoms with Crippen LogP contribution in [0.4, 0.5) is 32.6 Å². The first-order valence-corrected chi connectivity index (χ1v) is 10.2. The number of anilines is 1. The fraction of sp³-hybridized carbons (Fsp3) is 0.227. The summed E-state index contributed by atoms with van der Waals surface area (Å²) in [5, 5.41) is 11.7. The molecule has 1 aliphatic heterocycles. The van der Waals surface area contributed by atoms with Crippen molar-refractivity contribution in [3.63, 3.8) is 0 Å². The van der Waals surface area contributed by atoms with E-state index in [1.54, 1.807) is 0 Å². The van der Waals surface area contributed by atoms with E-state index in [1.165, 1.54) is 41.1 Å². The number of carbonyl (C=O) groups excluding carboxylic acids is 2. The Morgan fingerprint density at radius 1 is 1.11 bits per heavy atom. The van der Waals surface area contributed by atoms with Crippen LogP contribution in [0.2, 0.25) is 0 Å². The lowest BCUT2D eigenvalue weighted by Crippen LogP contribution is -2.38. The normalized spacial score (nSPS) is 15.6. The van der Waals surface area contributed by atoms with Gasteiger partial charge in [-0.1, -0.05) is 0 Å². The molecule has 35 heavy (non-hydrogen) atoms. The van der Waals surface area contributed by atoms with Gasteiger partial charge in [-0.3, -0.25) is 4.79 Å². The Morgan fingerprint density at radius 3 is 2.51 bits per heavy atom. The maximum absolute atomic E-state index is 14.3. The average molecular weight is 495 g/mol. The van der Waals surface area contributed by atoms with Crippen LogP contribution in [0.3, 0.4) is 0 Å². The zero-order chi connectivity index (χ0) is 25.2. The van der Waals surface area contributed by atoms with Gasteiger partial charge in [-0.05, 0) is 48.0 Å². The minimum atomic E-state index is -4.53. The summed E-state index contributed by atoms with van der Waals surface area (Å²) < 4.78 is 70.9. The van der Waals surface area contributed by atoms with Crippen LogP contribution in [-0.4, -0.2) is 47.1 Å². The molecule has 3 aromatic rings. The SMILES string of the molecule is O=C1NC[C@H](C(=O)Nc2cc(-c3cc(F)cc(COCC(F)(F)F)c3)n(-c3ccc(F)cc3)n2)N1. The van der Waals surface area contributed by atoms with E-state index in [0.29, 0.717) is 5.69 Å². The van der Waals surface area contributed by atoms with Gasteiger partial charge in [-0.2, -0.15) is 13.2 Å². The fourth-order valence-electron chi connectivity index (χ4n) is 3.42. The van der Waals surface area contributed by atoms with E-state index in [9.17, 15) is 31.5 Å². The first-order chi connectivity index (χ1) is 16.6. The number of ether oxygens (including phenoxy) is 1. The number of aromatic nitrogens is 2. The van der Waals surface area contributed by atoms with Crippen LogP contribution < -0.4 is 16.0 Å². The fourth-order valence-corrected chi connectivity index (χ4v) is 3.42. The molecule has 0 saturated carbocycles. The highest BCUT2D eigenvalue weighted by Crippen LogP contribution is 2.28. The molecule has 0 radical (unpaired) electrons. The van der Waals surface area contributed by atoms with E-state index in [1.807, 2.05) is 0 Å². The molecule has 8 nitrogen and oxygen atoms in total. The van der Waals surface area contributed by atoms with E-state index in [4.69, 9.17) is 0 Å². The number of halogens is 5. The molecule has 2 aromatic carbocycles. The van der Waals surface area contributed by atoms with Crippen molar-refractivity contribution < 1.29 is 36.3 Å². The molecule has 184 valence electrons. The van der Waals surface area contributed by atoms with Gasteiger partial charge in [-0.15, -0.1) is 5.10 Å². The van der Waals surface area contributed by atoms with E-state index < -0.39 is 49.0 Å². The van der Waals surface area contributed by atoms with Gasteiger partial charge in [0.05, 0.1) is 18.0 Å². The van der Waals surface area contributed by atoms with Gasteiger partial charge in [0.1, 0.15) is 24.3 Å². The molecule has 0 aliphatic carbocycles. The Morgan fingerprint density at radius 2 is 1.86 bits per heavy atom. The van der Waals surface area contributed by atoms with Crippen LogP contribution in [0.25, 0.3) is 16.9 Å². The highest BCUT2D eigenvalue weighted by molar-refractivity contribution is 5.98. The molecule has 0 bridgehead atoms. The van der Waals surface area contributed by atoms with Gasteiger partial charge in [0.15, 0.2) is 5.82 Å². The third kappa shape index (κ3) is 6.12. The number of hydrogen-bond acceptors (Lipinski definition) is 4. The molecular weight excluding hydrogens is 477 g/mol. The first kappa shape index (κ1) is 24.1. The maximum Gasteiger partial charge on any atom is 0.411 e. The third-order valence-corrected chi connectivity index (χ3v) is 4.91. The van der Waals surface area contributed by atoms with E-state index >= 15 is 0 Å². The molecule has 1 saturated heterocycles. The average Bonchev–Trinajstić information content (AvgIpc) is 3.39. The number of amides is 3. The number of nitrogens with one attached hydrogen (secondary N) is 3. The number of nitrogens with zero attached hydrogens (tertiary/aromatic N) is 2. The minimum Gasteiger partial charge on any atom is -0.367 e. The Balaban J connectivity index is 1.66. The second-order valence-electron chi connectivity index (χ2n) is 7.66. The molecule has 2 heterocycles. The number of rotatable bonds is 7. The quantitative estimate of drug-likeness (QED) is 0.437. The molecule has 0 spiro atoms. The molecule has 1 aromatic heterocycles.